The van der Waals surface area contributed by atoms with Crippen molar-refractivity contribution in [2.75, 3.05) is 0 Å². The SMILES string of the molecule is c1ccc(-c2cccc(-c3nc(-c4ccc5c(c4)oc4ccccc45)nc(-c4ccc5ccc6oc7ccc8nc(-c9cccc%10ccccc9%10)oc8c7c6c5c4)n3)c2)cc1. The van der Waals surface area contributed by atoms with Crippen molar-refractivity contribution in [1.82, 2.24) is 19.9 Å². The molecule has 13 rings (SSSR count). The van der Waals surface area contributed by atoms with E-state index in [-0.39, 0.29) is 0 Å². The van der Waals surface area contributed by atoms with Gasteiger partial charge in [-0.05, 0) is 87.3 Å². The molecule has 0 saturated heterocycles. The van der Waals surface area contributed by atoms with E-state index in [0.717, 1.165) is 104 Å². The van der Waals surface area contributed by atoms with E-state index in [1.807, 2.05) is 84.9 Å². The molecule has 7 heteroatoms. The van der Waals surface area contributed by atoms with Crippen molar-refractivity contribution in [3.05, 3.63) is 182 Å². The van der Waals surface area contributed by atoms with Gasteiger partial charge in [0.15, 0.2) is 23.1 Å². The summed E-state index contributed by atoms with van der Waals surface area (Å²) in [5.74, 6) is 2.23. The van der Waals surface area contributed by atoms with Gasteiger partial charge in [0.25, 0.3) is 0 Å². The lowest BCUT2D eigenvalue weighted by atomic mass is 10.0. The van der Waals surface area contributed by atoms with Crippen LogP contribution in [0.1, 0.15) is 0 Å². The molecule has 0 spiro atoms. The van der Waals surface area contributed by atoms with Crippen molar-refractivity contribution in [3.8, 4) is 56.7 Å². The monoisotopic (exact) mass is 782 g/mol. The number of benzene rings is 9. The van der Waals surface area contributed by atoms with Crippen molar-refractivity contribution in [2.24, 2.45) is 0 Å². The third-order valence-electron chi connectivity index (χ3n) is 11.8. The first kappa shape index (κ1) is 33.5. The lowest BCUT2D eigenvalue weighted by Crippen LogP contribution is -2.00. The number of furan rings is 2. The third kappa shape index (κ3) is 5.38. The van der Waals surface area contributed by atoms with Crippen LogP contribution in [-0.2, 0) is 0 Å². The summed E-state index contributed by atoms with van der Waals surface area (Å²) in [4.78, 5) is 20.5. The molecular formula is C54H30N4O3. The number of fused-ring (bicyclic) bond motifs is 11. The Labute approximate surface area is 347 Å². The normalized spacial score (nSPS) is 11.9. The Morgan fingerprint density at radius 2 is 0.918 bits per heavy atom. The summed E-state index contributed by atoms with van der Waals surface area (Å²) in [7, 11) is 0. The topological polar surface area (TPSA) is 91.0 Å². The van der Waals surface area contributed by atoms with E-state index >= 15 is 0 Å². The molecule has 7 nitrogen and oxygen atoms in total. The van der Waals surface area contributed by atoms with Gasteiger partial charge in [-0.1, -0.05) is 127 Å². The summed E-state index contributed by atoms with van der Waals surface area (Å²) in [5.41, 5.74) is 10.2. The molecule has 0 amide bonds. The van der Waals surface area contributed by atoms with Crippen LogP contribution < -0.4 is 0 Å². The number of oxazole rings is 1. The number of aromatic nitrogens is 4. The van der Waals surface area contributed by atoms with Crippen LogP contribution in [0.2, 0.25) is 0 Å². The van der Waals surface area contributed by atoms with Gasteiger partial charge in [0.1, 0.15) is 27.8 Å². The van der Waals surface area contributed by atoms with E-state index in [1.54, 1.807) is 0 Å². The molecule has 9 aromatic carbocycles. The zero-order valence-corrected chi connectivity index (χ0v) is 32.3. The molecule has 284 valence electrons. The Bertz CT molecular complexity index is 3890. The minimum atomic E-state index is 0.545. The predicted octanol–water partition coefficient (Wildman–Crippen LogP) is 14.5. The first-order valence-corrected chi connectivity index (χ1v) is 20.2. The van der Waals surface area contributed by atoms with Crippen LogP contribution in [0.5, 0.6) is 0 Å². The minimum Gasteiger partial charge on any atom is -0.456 e. The summed E-state index contributed by atoms with van der Waals surface area (Å²) in [6.45, 7) is 0. The molecule has 0 aliphatic rings. The van der Waals surface area contributed by atoms with Crippen molar-refractivity contribution in [2.45, 2.75) is 0 Å². The van der Waals surface area contributed by atoms with E-state index < -0.39 is 0 Å². The molecule has 0 N–H and O–H groups in total. The summed E-state index contributed by atoms with van der Waals surface area (Å²) in [6, 6.07) is 61.8. The summed E-state index contributed by atoms with van der Waals surface area (Å²) >= 11 is 0. The zero-order valence-electron chi connectivity index (χ0n) is 32.3. The molecule has 0 aliphatic carbocycles. The Hall–Kier alpha value is -8.42. The van der Waals surface area contributed by atoms with Gasteiger partial charge in [-0.25, -0.2) is 19.9 Å². The Morgan fingerprint density at radius 1 is 0.311 bits per heavy atom. The number of para-hydroxylation sites is 1. The lowest BCUT2D eigenvalue weighted by molar-refractivity contribution is 0.623. The highest BCUT2D eigenvalue weighted by molar-refractivity contribution is 6.25. The van der Waals surface area contributed by atoms with Gasteiger partial charge < -0.3 is 13.3 Å². The minimum absolute atomic E-state index is 0.545. The smallest absolute Gasteiger partial charge is 0.227 e. The molecule has 0 radical (unpaired) electrons. The maximum atomic E-state index is 6.71. The van der Waals surface area contributed by atoms with Crippen LogP contribution in [0.15, 0.2) is 195 Å². The van der Waals surface area contributed by atoms with Crippen LogP contribution in [-0.4, -0.2) is 19.9 Å². The molecule has 4 heterocycles. The van der Waals surface area contributed by atoms with E-state index in [0.29, 0.717) is 28.9 Å². The van der Waals surface area contributed by atoms with Gasteiger partial charge in [0, 0.05) is 38.4 Å². The molecule has 13 aromatic rings. The molecule has 0 unspecified atom stereocenters. The third-order valence-corrected chi connectivity index (χ3v) is 11.8. The van der Waals surface area contributed by atoms with Gasteiger partial charge in [0.05, 0.1) is 5.39 Å². The highest BCUT2D eigenvalue weighted by atomic mass is 16.4. The van der Waals surface area contributed by atoms with Crippen molar-refractivity contribution < 1.29 is 13.3 Å². The van der Waals surface area contributed by atoms with E-state index in [2.05, 4.69) is 97.1 Å². The van der Waals surface area contributed by atoms with Crippen molar-refractivity contribution in [1.29, 1.82) is 0 Å². The number of hydrogen-bond donors (Lipinski definition) is 0. The standard InChI is InChI=1S/C54H30N4O3/c1-2-10-31(11-3-1)34-14-8-15-35(28-34)51-56-52(58-53(57-51)37-22-24-40-39-17-6-7-19-44(39)59-47(40)30-37)36-21-20-33-23-26-45-48(42(33)29-36)49-46(60-45)27-25-43-50(49)61-54(55-43)41-18-9-13-32-12-4-5-16-38(32)41/h1-30H. The van der Waals surface area contributed by atoms with Crippen LogP contribution in [0, 0.1) is 0 Å². The second-order valence-corrected chi connectivity index (χ2v) is 15.4. The molecule has 4 aromatic heterocycles. The molecule has 0 saturated carbocycles. The quantitative estimate of drug-likeness (QED) is 0.172. The fourth-order valence-corrected chi connectivity index (χ4v) is 8.82. The highest BCUT2D eigenvalue weighted by Crippen LogP contribution is 2.42. The highest BCUT2D eigenvalue weighted by Gasteiger charge is 2.21. The van der Waals surface area contributed by atoms with Crippen LogP contribution in [0.4, 0.5) is 0 Å². The lowest BCUT2D eigenvalue weighted by Gasteiger charge is -2.10. The Kier molecular flexibility index (Phi) is 7.17. The summed E-state index contributed by atoms with van der Waals surface area (Å²) in [6.07, 6.45) is 0. The fraction of sp³-hybridized carbons (Fsp3) is 0. The van der Waals surface area contributed by atoms with E-state index in [4.69, 9.17) is 33.2 Å². The molecule has 0 atom stereocenters. The predicted molar refractivity (Wildman–Crippen MR) is 244 cm³/mol. The zero-order chi connectivity index (χ0) is 40.0. The van der Waals surface area contributed by atoms with Crippen molar-refractivity contribution in [3.63, 3.8) is 0 Å². The second-order valence-electron chi connectivity index (χ2n) is 15.4. The number of rotatable bonds is 5. The van der Waals surface area contributed by atoms with Gasteiger partial charge in [0.2, 0.25) is 5.89 Å². The summed E-state index contributed by atoms with van der Waals surface area (Å²) < 4.78 is 19.5. The van der Waals surface area contributed by atoms with Crippen LogP contribution >= 0.6 is 0 Å². The number of nitrogens with zero attached hydrogens (tertiary/aromatic N) is 4. The molecule has 61 heavy (non-hydrogen) atoms. The average molecular weight is 783 g/mol. The molecular weight excluding hydrogens is 753 g/mol. The molecule has 0 bridgehead atoms. The van der Waals surface area contributed by atoms with Crippen LogP contribution in [0.25, 0.3) is 133 Å². The summed E-state index contributed by atoms with van der Waals surface area (Å²) in [5, 5.41) is 8.18. The largest absolute Gasteiger partial charge is 0.456 e. The molecule has 0 fully saturated rings. The van der Waals surface area contributed by atoms with E-state index in [1.165, 1.54) is 0 Å². The maximum Gasteiger partial charge on any atom is 0.227 e. The van der Waals surface area contributed by atoms with Gasteiger partial charge in [-0.15, -0.1) is 0 Å². The first-order valence-electron chi connectivity index (χ1n) is 20.2. The first-order chi connectivity index (χ1) is 30.2. The Morgan fingerprint density at radius 3 is 1.80 bits per heavy atom. The Balaban J connectivity index is 1.01. The molecule has 0 aliphatic heterocycles. The number of hydrogen-bond acceptors (Lipinski definition) is 7. The average Bonchev–Trinajstić information content (AvgIpc) is 4.05. The van der Waals surface area contributed by atoms with Crippen molar-refractivity contribution >= 4 is 76.5 Å². The van der Waals surface area contributed by atoms with Gasteiger partial charge in [-0.2, -0.15) is 0 Å². The maximum absolute atomic E-state index is 6.71. The van der Waals surface area contributed by atoms with Crippen LogP contribution in [0.3, 0.4) is 0 Å². The fourth-order valence-electron chi connectivity index (χ4n) is 8.82. The van der Waals surface area contributed by atoms with E-state index in [9.17, 15) is 0 Å². The van der Waals surface area contributed by atoms with Gasteiger partial charge >= 0.3 is 0 Å². The second kappa shape index (κ2) is 13.0. The van der Waals surface area contributed by atoms with Gasteiger partial charge in [-0.3, -0.25) is 0 Å².